The van der Waals surface area contributed by atoms with Gasteiger partial charge in [0.2, 0.25) is 0 Å². The topological polar surface area (TPSA) is 61.1 Å². The van der Waals surface area contributed by atoms with Crippen LogP contribution in [0.2, 0.25) is 0 Å². The zero-order valence-corrected chi connectivity index (χ0v) is 9.42. The third-order valence-electron chi connectivity index (χ3n) is 2.90. The van der Waals surface area contributed by atoms with Crippen LogP contribution in [-0.4, -0.2) is 11.1 Å². The molecule has 0 saturated carbocycles. The molecular weight excluding hydrogens is 178 g/mol. The zero-order chi connectivity index (χ0) is 11.4. The van der Waals surface area contributed by atoms with E-state index in [0.717, 1.165) is 0 Å². The minimum absolute atomic E-state index is 0.425. The molecule has 3 nitrogen and oxygen atoms in total. The van der Waals surface area contributed by atoms with Crippen molar-refractivity contribution < 1.29 is 9.90 Å². The van der Waals surface area contributed by atoms with Gasteiger partial charge in [0, 0.05) is 0 Å². The lowest BCUT2D eigenvalue weighted by Gasteiger charge is -2.26. The largest absolute Gasteiger partial charge is 0.481 e. The van der Waals surface area contributed by atoms with Crippen LogP contribution >= 0.6 is 0 Å². The summed E-state index contributed by atoms with van der Waals surface area (Å²) in [5, 5.41) is 17.8. The smallest absolute Gasteiger partial charge is 0.309 e. The fraction of sp³-hybridized carbons (Fsp3) is 0.818. The fourth-order valence-electron chi connectivity index (χ4n) is 1.08. The first kappa shape index (κ1) is 13.0. The standard InChI is InChI=1S/C11H19NO2/c1-5-11(4,9(13)14)7-6-10(2,3)8-12/h5-7H2,1-4H3,(H,13,14). The SMILES string of the molecule is CCC(C)(CCC(C)(C)C#N)C(=O)O. The molecule has 0 radical (unpaired) electrons. The molecule has 0 aromatic heterocycles. The number of carbonyl (C=O) groups is 1. The molecule has 0 heterocycles. The number of carboxylic acid groups (broad SMARTS) is 1. The van der Waals surface area contributed by atoms with E-state index in [9.17, 15) is 4.79 Å². The van der Waals surface area contributed by atoms with Crippen molar-refractivity contribution in [1.82, 2.24) is 0 Å². The number of aliphatic carboxylic acids is 1. The van der Waals surface area contributed by atoms with Crippen molar-refractivity contribution in [3.05, 3.63) is 0 Å². The first-order chi connectivity index (χ1) is 6.27. The average molecular weight is 197 g/mol. The normalized spacial score (nSPS) is 15.6. The van der Waals surface area contributed by atoms with E-state index in [1.54, 1.807) is 6.92 Å². The summed E-state index contributed by atoms with van der Waals surface area (Å²) >= 11 is 0. The second-order valence-electron chi connectivity index (χ2n) is 4.72. The molecule has 0 spiro atoms. The molecule has 0 aliphatic heterocycles. The maximum atomic E-state index is 11.0. The molecule has 0 saturated heterocycles. The minimum Gasteiger partial charge on any atom is -0.481 e. The summed E-state index contributed by atoms with van der Waals surface area (Å²) < 4.78 is 0. The number of rotatable bonds is 5. The monoisotopic (exact) mass is 197 g/mol. The van der Waals surface area contributed by atoms with Crippen LogP contribution in [0.15, 0.2) is 0 Å². The van der Waals surface area contributed by atoms with Crippen molar-refractivity contribution in [1.29, 1.82) is 5.26 Å². The van der Waals surface area contributed by atoms with Crippen molar-refractivity contribution in [3.8, 4) is 6.07 Å². The molecule has 0 fully saturated rings. The maximum absolute atomic E-state index is 11.0. The summed E-state index contributed by atoms with van der Waals surface area (Å²) in [6.45, 7) is 7.28. The van der Waals surface area contributed by atoms with E-state index in [1.165, 1.54) is 0 Å². The third kappa shape index (κ3) is 3.37. The van der Waals surface area contributed by atoms with Crippen molar-refractivity contribution in [2.45, 2.75) is 47.0 Å². The molecule has 3 heteroatoms. The van der Waals surface area contributed by atoms with E-state index in [2.05, 4.69) is 6.07 Å². The number of hydrogen-bond donors (Lipinski definition) is 1. The molecule has 0 aliphatic rings. The van der Waals surface area contributed by atoms with Crippen LogP contribution in [0.4, 0.5) is 0 Å². The van der Waals surface area contributed by atoms with Gasteiger partial charge in [-0.1, -0.05) is 6.92 Å². The number of hydrogen-bond acceptors (Lipinski definition) is 2. The average Bonchev–Trinajstić information content (AvgIpc) is 2.14. The van der Waals surface area contributed by atoms with Crippen molar-refractivity contribution in [2.75, 3.05) is 0 Å². The maximum Gasteiger partial charge on any atom is 0.309 e. The molecule has 0 aromatic rings. The van der Waals surface area contributed by atoms with Gasteiger partial charge in [0.05, 0.1) is 16.9 Å². The van der Waals surface area contributed by atoms with Crippen molar-refractivity contribution in [2.24, 2.45) is 10.8 Å². The molecule has 0 amide bonds. The Hall–Kier alpha value is -1.04. The molecule has 1 unspecified atom stereocenters. The predicted octanol–water partition coefficient (Wildman–Crippen LogP) is 2.82. The second-order valence-corrected chi connectivity index (χ2v) is 4.72. The van der Waals surface area contributed by atoms with Gasteiger partial charge in [-0.25, -0.2) is 0 Å². The Morgan fingerprint density at radius 1 is 1.36 bits per heavy atom. The Kier molecular flexibility index (Phi) is 4.12. The van der Waals surface area contributed by atoms with Crippen LogP contribution in [0.3, 0.4) is 0 Å². The fourth-order valence-corrected chi connectivity index (χ4v) is 1.08. The van der Waals surface area contributed by atoms with Gasteiger partial charge >= 0.3 is 5.97 Å². The van der Waals surface area contributed by atoms with Crippen LogP contribution in [0, 0.1) is 22.2 Å². The van der Waals surface area contributed by atoms with E-state index in [4.69, 9.17) is 10.4 Å². The summed E-state index contributed by atoms with van der Waals surface area (Å²) in [5.74, 6) is -0.770. The van der Waals surface area contributed by atoms with Crippen LogP contribution < -0.4 is 0 Å². The molecule has 1 N–H and O–H groups in total. The summed E-state index contributed by atoms with van der Waals surface area (Å²) in [5.41, 5.74) is -1.11. The van der Waals surface area contributed by atoms with E-state index in [-0.39, 0.29) is 0 Å². The van der Waals surface area contributed by atoms with Crippen LogP contribution in [0.5, 0.6) is 0 Å². The van der Waals surface area contributed by atoms with E-state index in [1.807, 2.05) is 20.8 Å². The lowest BCUT2D eigenvalue weighted by Crippen LogP contribution is -2.28. The van der Waals surface area contributed by atoms with Crippen LogP contribution in [0.1, 0.15) is 47.0 Å². The van der Waals surface area contributed by atoms with Gasteiger partial charge in [-0.05, 0) is 40.0 Å². The highest BCUT2D eigenvalue weighted by atomic mass is 16.4. The van der Waals surface area contributed by atoms with Gasteiger partial charge in [-0.2, -0.15) is 5.26 Å². The number of nitriles is 1. The van der Waals surface area contributed by atoms with Gasteiger partial charge in [0.15, 0.2) is 0 Å². The molecule has 0 rings (SSSR count). The summed E-state index contributed by atoms with van der Waals surface area (Å²) in [7, 11) is 0. The van der Waals surface area contributed by atoms with Gasteiger partial charge in [-0.15, -0.1) is 0 Å². The molecule has 80 valence electrons. The summed E-state index contributed by atoms with van der Waals surface area (Å²) in [6.07, 6.45) is 1.78. The highest BCUT2D eigenvalue weighted by molar-refractivity contribution is 5.73. The Morgan fingerprint density at radius 2 is 1.86 bits per heavy atom. The van der Waals surface area contributed by atoms with Gasteiger partial charge in [0.25, 0.3) is 0 Å². The lowest BCUT2D eigenvalue weighted by atomic mass is 9.77. The van der Waals surface area contributed by atoms with Crippen molar-refractivity contribution >= 4 is 5.97 Å². The van der Waals surface area contributed by atoms with E-state index in [0.29, 0.717) is 19.3 Å². The van der Waals surface area contributed by atoms with Gasteiger partial charge in [0.1, 0.15) is 0 Å². The zero-order valence-electron chi connectivity index (χ0n) is 9.42. The Labute approximate surface area is 85.7 Å². The third-order valence-corrected chi connectivity index (χ3v) is 2.90. The Bertz CT molecular complexity index is 253. The molecular formula is C11H19NO2. The lowest BCUT2D eigenvalue weighted by molar-refractivity contribution is -0.148. The molecule has 0 aliphatic carbocycles. The van der Waals surface area contributed by atoms with E-state index < -0.39 is 16.8 Å². The number of carboxylic acids is 1. The quantitative estimate of drug-likeness (QED) is 0.737. The Balaban J connectivity index is 4.38. The van der Waals surface area contributed by atoms with Crippen LogP contribution in [0.25, 0.3) is 0 Å². The predicted molar refractivity (Wildman–Crippen MR) is 54.7 cm³/mol. The molecule has 0 aromatic carbocycles. The molecule has 1 atom stereocenters. The van der Waals surface area contributed by atoms with Crippen molar-refractivity contribution in [3.63, 3.8) is 0 Å². The first-order valence-electron chi connectivity index (χ1n) is 4.92. The van der Waals surface area contributed by atoms with Crippen LogP contribution in [-0.2, 0) is 4.79 Å². The molecule has 0 bridgehead atoms. The highest BCUT2D eigenvalue weighted by Crippen LogP contribution is 2.33. The summed E-state index contributed by atoms with van der Waals surface area (Å²) in [6, 6.07) is 2.18. The van der Waals surface area contributed by atoms with Gasteiger partial charge < -0.3 is 5.11 Å². The second kappa shape index (κ2) is 4.45. The minimum atomic E-state index is -0.770. The van der Waals surface area contributed by atoms with E-state index >= 15 is 0 Å². The van der Waals surface area contributed by atoms with Gasteiger partial charge in [-0.3, -0.25) is 4.79 Å². The number of nitrogens with zero attached hydrogens (tertiary/aromatic N) is 1. The summed E-state index contributed by atoms with van der Waals surface area (Å²) in [4.78, 5) is 11.0. The highest BCUT2D eigenvalue weighted by Gasteiger charge is 2.33. The first-order valence-corrected chi connectivity index (χ1v) is 4.92. The Morgan fingerprint density at radius 3 is 2.14 bits per heavy atom. The molecule has 14 heavy (non-hydrogen) atoms.